The van der Waals surface area contributed by atoms with Gasteiger partial charge in [-0.25, -0.2) is 0 Å². The van der Waals surface area contributed by atoms with Crippen LogP contribution in [0.3, 0.4) is 0 Å². The number of hydrogen-bond acceptors (Lipinski definition) is 2. The minimum absolute atomic E-state index is 0.0314. The molecule has 2 aliphatic rings. The molecular formula is C51H46O2Si. The Balaban J connectivity index is 1.45. The fourth-order valence-corrected chi connectivity index (χ4v) is 13.0. The van der Waals surface area contributed by atoms with Crippen LogP contribution in [0.2, 0.25) is 0 Å². The van der Waals surface area contributed by atoms with Crippen LogP contribution in [0.5, 0.6) is 23.0 Å². The topological polar surface area (TPSA) is 18.5 Å². The molecule has 0 spiro atoms. The van der Waals surface area contributed by atoms with E-state index in [1.807, 2.05) is 0 Å². The molecule has 2 aliphatic heterocycles. The molecule has 0 aromatic heterocycles. The Labute approximate surface area is 350 Å². The summed E-state index contributed by atoms with van der Waals surface area (Å²) in [4.78, 5) is 0. The van der Waals surface area contributed by atoms with Gasteiger partial charge >= 0.3 is 0 Å². The van der Waals surface area contributed by atoms with Crippen LogP contribution in [0, 0.1) is 20.6 Å². The molecule has 54 heavy (non-hydrogen) atoms. The van der Waals surface area contributed by atoms with Crippen LogP contribution >= 0.6 is 0 Å². The monoisotopic (exact) mass is 739 g/mol. The molecule has 9 rings (SSSR count). The van der Waals surface area contributed by atoms with Gasteiger partial charge in [0.1, 0.15) is 23.0 Å². The molecule has 3 heteroatoms. The molecule has 0 bridgehead atoms. The molecule has 0 N–H and O–H groups in total. The SMILES string of the molecule is [2H]C([2H])([2H])c1ccc2c(c1)Oc1c(ccc(C([2H])([2H])[2H])c1-c1ccc([Si](c3ccccc3)(c3ccccc3)c3cccc4c3Oc3ccccc3C4(C([2H])([2H])[2H])C([2H])([2H])[2H])cc1C([2H])([2H])[2H])C2(C([2H])([2H])[2H])C([2H])([2H])[2H]. The first-order chi connectivity index (χ1) is 34.7. The molecule has 0 radical (unpaired) electrons. The molecule has 0 saturated heterocycles. The highest BCUT2D eigenvalue weighted by atomic mass is 28.3. The number of aryl methyl sites for hydroxylation is 3. The Morgan fingerprint density at radius 1 is 0.463 bits per heavy atom. The van der Waals surface area contributed by atoms with E-state index >= 15 is 0 Å². The Hall–Kier alpha value is -5.64. The van der Waals surface area contributed by atoms with E-state index in [0.717, 1.165) is 30.3 Å². The van der Waals surface area contributed by atoms with Crippen molar-refractivity contribution in [2.75, 3.05) is 0 Å². The molecule has 0 unspecified atom stereocenters. The Morgan fingerprint density at radius 2 is 1.09 bits per heavy atom. The Bertz CT molecular complexity index is 3280. The highest BCUT2D eigenvalue weighted by Crippen LogP contribution is 2.53. The predicted molar refractivity (Wildman–Crippen MR) is 227 cm³/mol. The van der Waals surface area contributed by atoms with Gasteiger partial charge in [-0.1, -0.05) is 167 Å². The third-order valence-electron chi connectivity index (χ3n) is 10.6. The third kappa shape index (κ3) is 4.98. The second-order valence-corrected chi connectivity index (χ2v) is 17.5. The zero-order valence-corrected chi connectivity index (χ0v) is 29.8. The van der Waals surface area contributed by atoms with Crippen LogP contribution < -0.4 is 30.2 Å². The lowest BCUT2D eigenvalue weighted by Crippen LogP contribution is -2.75. The normalized spacial score (nSPS) is 22.2. The summed E-state index contributed by atoms with van der Waals surface area (Å²) in [5, 5.41) is 1.80. The first-order valence-electron chi connectivity index (χ1n) is 27.8. The predicted octanol–water partition coefficient (Wildman–Crippen LogP) is 10.5. The molecule has 2 nitrogen and oxygen atoms in total. The number of fused-ring (bicyclic) bond motifs is 4. The van der Waals surface area contributed by atoms with Crippen molar-refractivity contribution < 1.29 is 38.3 Å². The number of para-hydroxylation sites is 2. The van der Waals surface area contributed by atoms with Crippen LogP contribution in [-0.2, 0) is 10.8 Å². The summed E-state index contributed by atoms with van der Waals surface area (Å²) in [6.07, 6.45) is 0. The maximum Gasteiger partial charge on any atom is 0.184 e. The maximum absolute atomic E-state index is 9.23. The largest absolute Gasteiger partial charge is 0.457 e. The quantitative estimate of drug-likeness (QED) is 0.129. The smallest absolute Gasteiger partial charge is 0.184 e. The van der Waals surface area contributed by atoms with Crippen molar-refractivity contribution in [3.05, 3.63) is 191 Å². The van der Waals surface area contributed by atoms with Crippen molar-refractivity contribution in [1.29, 1.82) is 0 Å². The summed E-state index contributed by atoms with van der Waals surface area (Å²) in [5.41, 5.74) is -9.09. The second kappa shape index (κ2) is 12.5. The zero-order valence-electron chi connectivity index (χ0n) is 49.8. The molecule has 0 saturated carbocycles. The molecular weight excluding hydrogens is 673 g/mol. The van der Waals surface area contributed by atoms with Crippen LogP contribution in [0.4, 0.5) is 0 Å². The summed E-state index contributed by atoms with van der Waals surface area (Å²) in [5.74, 6) is -1.26. The lowest BCUT2D eigenvalue weighted by molar-refractivity contribution is 0.419. The van der Waals surface area contributed by atoms with Gasteiger partial charge in [0.2, 0.25) is 0 Å². The Morgan fingerprint density at radius 3 is 1.80 bits per heavy atom. The van der Waals surface area contributed by atoms with Crippen molar-refractivity contribution in [1.82, 2.24) is 0 Å². The number of benzene rings is 7. The van der Waals surface area contributed by atoms with E-state index in [2.05, 4.69) is 0 Å². The fraction of sp³-hybridized carbons (Fsp3) is 0.176. The van der Waals surface area contributed by atoms with E-state index in [0.29, 0.717) is 20.7 Å². The van der Waals surface area contributed by atoms with Crippen molar-refractivity contribution in [3.63, 3.8) is 0 Å². The van der Waals surface area contributed by atoms with Crippen molar-refractivity contribution in [2.24, 2.45) is 0 Å². The van der Waals surface area contributed by atoms with Gasteiger partial charge < -0.3 is 9.47 Å². The van der Waals surface area contributed by atoms with Gasteiger partial charge in [0, 0.05) is 67.4 Å². The second-order valence-electron chi connectivity index (χ2n) is 13.7. The molecule has 2 heterocycles. The summed E-state index contributed by atoms with van der Waals surface area (Å²) < 4.78 is 200. The molecule has 0 fully saturated rings. The minimum Gasteiger partial charge on any atom is -0.457 e. The van der Waals surface area contributed by atoms with E-state index < -0.39 is 106 Å². The van der Waals surface area contributed by atoms with Gasteiger partial charge in [-0.2, -0.15) is 0 Å². The highest BCUT2D eigenvalue weighted by Gasteiger charge is 2.47. The fourth-order valence-electron chi connectivity index (χ4n) is 8.12. The molecule has 0 amide bonds. The molecule has 266 valence electrons. The van der Waals surface area contributed by atoms with E-state index in [-0.39, 0.29) is 33.8 Å². The average Bonchev–Trinajstić information content (AvgIpc) is 3.31. The van der Waals surface area contributed by atoms with E-state index in [9.17, 15) is 4.11 Å². The molecule has 0 atom stereocenters. The van der Waals surface area contributed by atoms with E-state index in [1.165, 1.54) is 42.5 Å². The first-order valence-corrected chi connectivity index (χ1v) is 19.3. The number of hydrogen-bond donors (Lipinski definition) is 0. The average molecular weight is 740 g/mol. The van der Waals surface area contributed by atoms with Gasteiger partial charge in [0.25, 0.3) is 0 Å². The van der Waals surface area contributed by atoms with Gasteiger partial charge in [0.15, 0.2) is 8.07 Å². The van der Waals surface area contributed by atoms with Crippen molar-refractivity contribution >= 4 is 28.8 Å². The third-order valence-corrected chi connectivity index (χ3v) is 15.4. The van der Waals surface area contributed by atoms with Crippen LogP contribution in [0.15, 0.2) is 152 Å². The lowest BCUT2D eigenvalue weighted by atomic mass is 9.74. The zero-order chi connectivity index (χ0) is 54.9. The van der Waals surface area contributed by atoms with Crippen LogP contribution in [0.1, 0.15) is 95.1 Å². The summed E-state index contributed by atoms with van der Waals surface area (Å²) in [6, 6.07) is 37.8. The first kappa shape index (κ1) is 18.1. The van der Waals surface area contributed by atoms with Gasteiger partial charge in [-0.05, 0) is 75.7 Å². The van der Waals surface area contributed by atoms with Crippen LogP contribution in [0.25, 0.3) is 11.1 Å². The lowest BCUT2D eigenvalue weighted by Gasteiger charge is -2.40. The van der Waals surface area contributed by atoms with Crippen molar-refractivity contribution in [3.8, 4) is 34.1 Å². The molecule has 0 aliphatic carbocycles. The molecule has 7 aromatic carbocycles. The highest BCUT2D eigenvalue weighted by molar-refractivity contribution is 7.20. The van der Waals surface area contributed by atoms with Gasteiger partial charge in [-0.3, -0.25) is 0 Å². The maximum atomic E-state index is 9.23. The van der Waals surface area contributed by atoms with E-state index in [4.69, 9.17) is 34.1 Å². The summed E-state index contributed by atoms with van der Waals surface area (Å²) in [6.45, 7) is -22.4. The van der Waals surface area contributed by atoms with Gasteiger partial charge in [-0.15, -0.1) is 0 Å². The Kier molecular flexibility index (Phi) is 4.18. The number of ether oxygens (including phenoxy) is 2. The van der Waals surface area contributed by atoms with Crippen molar-refractivity contribution in [2.45, 2.75) is 58.8 Å². The van der Waals surface area contributed by atoms with Crippen LogP contribution in [-0.4, -0.2) is 8.07 Å². The van der Waals surface area contributed by atoms with E-state index in [1.54, 1.807) is 78.9 Å². The standard InChI is InChI=1S/C51H46O2Si/c1-33-25-29-41-45(31-33)53-49-43(51(41,6)7)30-26-34(2)47(49)39-28-27-38(32-35(39)3)54(36-17-10-8-11-18-36,37-19-12-9-13-20-37)46-24-16-22-42-48(46)52-44-23-15-14-21-40(44)50(42,4)5/h8-32H,1-7H3/i1D3,2D3,3D3,4D3,5D3,6D3,7D3. The summed E-state index contributed by atoms with van der Waals surface area (Å²) >= 11 is 0. The summed E-state index contributed by atoms with van der Waals surface area (Å²) in [7, 11) is -4.23. The molecule has 7 aromatic rings. The van der Waals surface area contributed by atoms with Gasteiger partial charge in [0.05, 0.1) is 0 Å². The number of rotatable bonds is 5. The minimum atomic E-state index is -4.23.